The summed E-state index contributed by atoms with van der Waals surface area (Å²) in [6.07, 6.45) is 7.68. The van der Waals surface area contributed by atoms with E-state index >= 15 is 0 Å². The Labute approximate surface area is 130 Å². The highest BCUT2D eigenvalue weighted by molar-refractivity contribution is 6.15. The molecule has 3 aromatic rings. The van der Waals surface area contributed by atoms with Crippen molar-refractivity contribution in [3.8, 4) is 5.75 Å². The molecule has 1 heteroatoms. The molecule has 0 saturated carbocycles. The predicted octanol–water partition coefficient (Wildman–Crippen LogP) is 5.84. The molecule has 0 aliphatic heterocycles. The molecule has 0 aliphatic carbocycles. The number of allylic oxidation sites excluding steroid dienone is 5. The number of phenolic OH excluding ortho intramolecular Hbond substituents is 1. The van der Waals surface area contributed by atoms with Gasteiger partial charge in [-0.05, 0) is 28.7 Å². The van der Waals surface area contributed by atoms with Gasteiger partial charge in [-0.25, -0.2) is 0 Å². The fourth-order valence-electron chi connectivity index (χ4n) is 2.87. The van der Waals surface area contributed by atoms with Crippen LogP contribution >= 0.6 is 0 Å². The first-order valence-electron chi connectivity index (χ1n) is 7.36. The molecule has 0 aromatic heterocycles. The maximum absolute atomic E-state index is 10.8. The van der Waals surface area contributed by atoms with Gasteiger partial charge in [0.1, 0.15) is 5.75 Å². The topological polar surface area (TPSA) is 20.2 Å². The lowest BCUT2D eigenvalue weighted by Gasteiger charge is -2.14. The van der Waals surface area contributed by atoms with Crippen LogP contribution in [0.25, 0.3) is 27.1 Å². The second-order valence-electron chi connectivity index (χ2n) is 5.17. The average molecular weight is 286 g/mol. The molecule has 22 heavy (non-hydrogen) atoms. The highest BCUT2D eigenvalue weighted by Crippen LogP contribution is 2.40. The molecule has 3 rings (SSSR count). The van der Waals surface area contributed by atoms with E-state index in [2.05, 4.69) is 12.6 Å². The first kappa shape index (κ1) is 14.2. The van der Waals surface area contributed by atoms with Crippen LogP contribution in [0.3, 0.4) is 0 Å². The normalized spacial score (nSPS) is 12.3. The van der Waals surface area contributed by atoms with Crippen molar-refractivity contribution in [1.82, 2.24) is 0 Å². The van der Waals surface area contributed by atoms with Crippen LogP contribution in [0.15, 0.2) is 79.4 Å². The first-order chi connectivity index (χ1) is 10.8. The van der Waals surface area contributed by atoms with Crippen molar-refractivity contribution in [3.05, 3.63) is 85.0 Å². The first-order valence-corrected chi connectivity index (χ1v) is 7.36. The predicted molar refractivity (Wildman–Crippen MR) is 96.1 cm³/mol. The minimum atomic E-state index is 0.310. The molecule has 0 saturated heterocycles. The number of phenols is 1. The standard InChI is InChI=1S/C21H18O/c1-3-5-10-15(4-2)20-18-13-8-6-11-16(18)17-12-7-9-14-19(17)21(20)22/h3-14,22H,2H2,1H3. The summed E-state index contributed by atoms with van der Waals surface area (Å²) in [5, 5.41) is 14.9. The van der Waals surface area contributed by atoms with Gasteiger partial charge in [0.25, 0.3) is 0 Å². The second kappa shape index (κ2) is 5.90. The van der Waals surface area contributed by atoms with Crippen molar-refractivity contribution in [1.29, 1.82) is 0 Å². The lowest BCUT2D eigenvalue weighted by atomic mass is 9.91. The van der Waals surface area contributed by atoms with Crippen molar-refractivity contribution in [3.63, 3.8) is 0 Å². The van der Waals surface area contributed by atoms with E-state index in [4.69, 9.17) is 0 Å². The lowest BCUT2D eigenvalue weighted by Crippen LogP contribution is -1.89. The SMILES string of the molecule is C=CC(=CC=CC)c1c(O)c2ccccc2c2ccccc12. The summed E-state index contributed by atoms with van der Waals surface area (Å²) >= 11 is 0. The number of hydrogen-bond donors (Lipinski definition) is 1. The third-order valence-corrected chi connectivity index (χ3v) is 3.88. The van der Waals surface area contributed by atoms with E-state index in [0.29, 0.717) is 5.75 Å². The van der Waals surface area contributed by atoms with Crippen LogP contribution in [0.2, 0.25) is 0 Å². The van der Waals surface area contributed by atoms with E-state index in [-0.39, 0.29) is 0 Å². The Hall–Kier alpha value is -2.80. The fraction of sp³-hybridized carbons (Fsp3) is 0.0476. The van der Waals surface area contributed by atoms with E-state index in [1.54, 1.807) is 6.08 Å². The molecule has 1 N–H and O–H groups in total. The van der Waals surface area contributed by atoms with Gasteiger partial charge in [-0.15, -0.1) is 0 Å². The number of fused-ring (bicyclic) bond motifs is 3. The van der Waals surface area contributed by atoms with Crippen LogP contribution in [-0.2, 0) is 0 Å². The summed E-state index contributed by atoms with van der Waals surface area (Å²) in [7, 11) is 0. The third-order valence-electron chi connectivity index (χ3n) is 3.88. The van der Waals surface area contributed by atoms with Gasteiger partial charge < -0.3 is 5.11 Å². The average Bonchev–Trinajstić information content (AvgIpc) is 2.58. The zero-order valence-corrected chi connectivity index (χ0v) is 12.6. The molecule has 3 aromatic carbocycles. The van der Waals surface area contributed by atoms with Gasteiger partial charge in [0.05, 0.1) is 0 Å². The van der Waals surface area contributed by atoms with E-state index in [9.17, 15) is 5.11 Å². The van der Waals surface area contributed by atoms with Crippen molar-refractivity contribution in [2.24, 2.45) is 0 Å². The fourth-order valence-corrected chi connectivity index (χ4v) is 2.87. The van der Waals surface area contributed by atoms with Crippen LogP contribution in [0.4, 0.5) is 0 Å². The molecule has 0 aliphatic rings. The number of benzene rings is 3. The van der Waals surface area contributed by atoms with Crippen molar-refractivity contribution in [2.75, 3.05) is 0 Å². The van der Waals surface area contributed by atoms with E-state index in [1.807, 2.05) is 67.6 Å². The molecular weight excluding hydrogens is 268 g/mol. The van der Waals surface area contributed by atoms with Crippen LogP contribution in [0.1, 0.15) is 12.5 Å². The highest BCUT2D eigenvalue weighted by atomic mass is 16.3. The molecule has 0 spiro atoms. The molecule has 0 atom stereocenters. The Morgan fingerprint density at radius 3 is 2.05 bits per heavy atom. The molecule has 0 amide bonds. The van der Waals surface area contributed by atoms with Gasteiger partial charge in [0.15, 0.2) is 0 Å². The summed E-state index contributed by atoms with van der Waals surface area (Å²) in [6.45, 7) is 5.87. The quantitative estimate of drug-likeness (QED) is 0.473. The summed E-state index contributed by atoms with van der Waals surface area (Å²) in [4.78, 5) is 0. The van der Waals surface area contributed by atoms with Crippen LogP contribution < -0.4 is 0 Å². The maximum Gasteiger partial charge on any atom is 0.131 e. The Morgan fingerprint density at radius 1 is 0.909 bits per heavy atom. The molecular formula is C21H18O. The molecule has 0 bridgehead atoms. The Balaban J connectivity index is 2.51. The molecule has 0 fully saturated rings. The Morgan fingerprint density at radius 2 is 1.45 bits per heavy atom. The van der Waals surface area contributed by atoms with E-state index in [0.717, 1.165) is 32.7 Å². The maximum atomic E-state index is 10.8. The second-order valence-corrected chi connectivity index (χ2v) is 5.17. The van der Waals surface area contributed by atoms with Crippen LogP contribution in [0, 0.1) is 0 Å². The minimum absolute atomic E-state index is 0.310. The molecule has 0 heterocycles. The molecule has 1 nitrogen and oxygen atoms in total. The van der Waals surface area contributed by atoms with Gasteiger partial charge in [-0.1, -0.05) is 79.4 Å². The number of aromatic hydroxyl groups is 1. The Bertz CT molecular complexity index is 914. The largest absolute Gasteiger partial charge is 0.507 e. The summed E-state index contributed by atoms with van der Waals surface area (Å²) in [5.41, 5.74) is 1.75. The van der Waals surface area contributed by atoms with E-state index in [1.165, 1.54) is 0 Å². The Kier molecular flexibility index (Phi) is 3.80. The van der Waals surface area contributed by atoms with Crippen molar-refractivity contribution >= 4 is 27.1 Å². The van der Waals surface area contributed by atoms with Gasteiger partial charge >= 0.3 is 0 Å². The zero-order valence-electron chi connectivity index (χ0n) is 12.6. The zero-order chi connectivity index (χ0) is 15.5. The minimum Gasteiger partial charge on any atom is -0.507 e. The summed E-state index contributed by atoms with van der Waals surface area (Å²) < 4.78 is 0. The monoisotopic (exact) mass is 286 g/mol. The smallest absolute Gasteiger partial charge is 0.131 e. The van der Waals surface area contributed by atoms with Gasteiger partial charge in [-0.2, -0.15) is 0 Å². The van der Waals surface area contributed by atoms with Gasteiger partial charge in [-0.3, -0.25) is 0 Å². The van der Waals surface area contributed by atoms with E-state index < -0.39 is 0 Å². The van der Waals surface area contributed by atoms with Gasteiger partial charge in [0, 0.05) is 10.9 Å². The highest BCUT2D eigenvalue weighted by Gasteiger charge is 2.14. The third kappa shape index (κ3) is 2.21. The van der Waals surface area contributed by atoms with Gasteiger partial charge in [0.2, 0.25) is 0 Å². The van der Waals surface area contributed by atoms with Crippen molar-refractivity contribution < 1.29 is 5.11 Å². The van der Waals surface area contributed by atoms with Crippen molar-refractivity contribution in [2.45, 2.75) is 6.92 Å². The molecule has 0 radical (unpaired) electrons. The van der Waals surface area contributed by atoms with Crippen LogP contribution in [-0.4, -0.2) is 5.11 Å². The van der Waals surface area contributed by atoms with Crippen LogP contribution in [0.5, 0.6) is 5.75 Å². The summed E-state index contributed by atoms with van der Waals surface area (Å²) in [6, 6.07) is 16.1. The molecule has 108 valence electrons. The number of rotatable bonds is 3. The lowest BCUT2D eigenvalue weighted by molar-refractivity contribution is 0.481. The molecule has 0 unspecified atom stereocenters. The number of hydrogen-bond acceptors (Lipinski definition) is 1. The summed E-state index contributed by atoms with van der Waals surface area (Å²) in [5.74, 6) is 0.310.